The number of aryl methyl sites for hydroxylation is 1. The van der Waals surface area contributed by atoms with Gasteiger partial charge in [-0.1, -0.05) is 16.8 Å². The van der Waals surface area contributed by atoms with Gasteiger partial charge in [0.15, 0.2) is 5.76 Å². The Kier molecular flexibility index (Phi) is 4.04. The van der Waals surface area contributed by atoms with Crippen molar-refractivity contribution in [1.29, 1.82) is 0 Å². The minimum Gasteiger partial charge on any atom is -0.359 e. The van der Waals surface area contributed by atoms with Gasteiger partial charge in [0.05, 0.1) is 17.3 Å². The van der Waals surface area contributed by atoms with Gasteiger partial charge in [-0.3, -0.25) is 4.79 Å². The molecule has 21 heavy (non-hydrogen) atoms. The molecule has 1 atom stereocenters. The molecule has 1 aliphatic rings. The maximum absolute atomic E-state index is 12.8. The number of hydrogen-bond acceptors (Lipinski definition) is 3. The monoisotopic (exact) mass is 368 g/mol. The summed E-state index contributed by atoms with van der Waals surface area (Å²) in [5.41, 5.74) is 1.44. The average molecular weight is 370 g/mol. The number of hydrogen-bond donors (Lipinski definition) is 0. The topological polar surface area (TPSA) is 46.3 Å². The van der Waals surface area contributed by atoms with Crippen LogP contribution in [0.4, 0.5) is 0 Å². The minimum atomic E-state index is -0.0405. The quantitative estimate of drug-likeness (QED) is 0.789. The molecule has 6 heteroatoms. The summed E-state index contributed by atoms with van der Waals surface area (Å²) in [4.78, 5) is 14.6. The zero-order valence-corrected chi connectivity index (χ0v) is 13.8. The summed E-state index contributed by atoms with van der Waals surface area (Å²) in [6, 6.07) is 7.06. The molecule has 1 aliphatic heterocycles. The summed E-state index contributed by atoms with van der Waals surface area (Å²) in [5.74, 6) is 0.735. The van der Waals surface area contributed by atoms with Gasteiger partial charge in [0.2, 0.25) is 0 Å². The molecule has 0 N–H and O–H groups in total. The highest BCUT2D eigenvalue weighted by atomic mass is 79.9. The number of amides is 1. The maximum Gasteiger partial charge on any atom is 0.255 e. The molecule has 0 saturated carbocycles. The first-order valence-corrected chi connectivity index (χ1v) is 7.92. The van der Waals surface area contributed by atoms with E-state index in [9.17, 15) is 4.79 Å². The van der Waals surface area contributed by atoms with E-state index in [-0.39, 0.29) is 11.9 Å². The first-order valence-electron chi connectivity index (χ1n) is 6.75. The van der Waals surface area contributed by atoms with Crippen LogP contribution in [-0.4, -0.2) is 22.5 Å². The third-order valence-corrected chi connectivity index (χ3v) is 4.54. The molecule has 2 heterocycles. The van der Waals surface area contributed by atoms with Crippen LogP contribution < -0.4 is 0 Å². The fourth-order valence-electron chi connectivity index (χ4n) is 2.66. The van der Waals surface area contributed by atoms with E-state index >= 15 is 0 Å². The van der Waals surface area contributed by atoms with Gasteiger partial charge in [-0.25, -0.2) is 0 Å². The number of carbonyl (C=O) groups excluding carboxylic acids is 1. The molecule has 4 nitrogen and oxygen atoms in total. The SMILES string of the molecule is Cc1cc(C2CCCN2C(=O)c2ccc(Cl)cc2Br)on1. The number of rotatable bonds is 2. The highest BCUT2D eigenvalue weighted by molar-refractivity contribution is 9.10. The first-order chi connectivity index (χ1) is 10.1. The predicted octanol–water partition coefficient (Wildman–Crippen LogP) is 4.38. The molecule has 2 aromatic rings. The summed E-state index contributed by atoms with van der Waals surface area (Å²) in [5, 5.41) is 4.52. The molecular formula is C15H14BrClN2O2. The molecule has 0 spiro atoms. The standard InChI is InChI=1S/C15H14BrClN2O2/c1-9-7-14(21-18-9)13-3-2-6-19(13)15(20)11-5-4-10(17)8-12(11)16/h4-5,7-8,13H,2-3,6H2,1H3. The zero-order chi connectivity index (χ0) is 15.0. The average Bonchev–Trinajstić information content (AvgIpc) is 3.06. The van der Waals surface area contributed by atoms with Crippen molar-refractivity contribution in [3.63, 3.8) is 0 Å². The van der Waals surface area contributed by atoms with Crippen molar-refractivity contribution in [3.8, 4) is 0 Å². The predicted molar refractivity (Wildman–Crippen MR) is 83.4 cm³/mol. The molecule has 1 aromatic heterocycles. The lowest BCUT2D eigenvalue weighted by Gasteiger charge is -2.23. The van der Waals surface area contributed by atoms with Gasteiger partial charge in [-0.15, -0.1) is 0 Å². The fourth-order valence-corrected chi connectivity index (χ4v) is 3.52. The van der Waals surface area contributed by atoms with E-state index in [1.54, 1.807) is 18.2 Å². The van der Waals surface area contributed by atoms with E-state index in [2.05, 4.69) is 21.1 Å². The Labute approximate surface area is 136 Å². The van der Waals surface area contributed by atoms with Gasteiger partial charge in [0.1, 0.15) is 0 Å². The summed E-state index contributed by atoms with van der Waals surface area (Å²) in [7, 11) is 0. The van der Waals surface area contributed by atoms with Crippen LogP contribution in [0, 0.1) is 6.92 Å². The number of benzene rings is 1. The third kappa shape index (κ3) is 2.85. The molecule has 1 unspecified atom stereocenters. The van der Waals surface area contributed by atoms with E-state index < -0.39 is 0 Å². The Morgan fingerprint density at radius 1 is 1.48 bits per heavy atom. The number of aromatic nitrogens is 1. The normalized spacial score (nSPS) is 18.2. The van der Waals surface area contributed by atoms with Crippen LogP contribution in [0.5, 0.6) is 0 Å². The van der Waals surface area contributed by atoms with Crippen LogP contribution in [-0.2, 0) is 0 Å². The largest absolute Gasteiger partial charge is 0.359 e. The molecule has 0 bridgehead atoms. The highest BCUT2D eigenvalue weighted by Gasteiger charge is 2.33. The lowest BCUT2D eigenvalue weighted by molar-refractivity contribution is 0.0713. The molecule has 1 amide bonds. The Morgan fingerprint density at radius 2 is 2.29 bits per heavy atom. The lowest BCUT2D eigenvalue weighted by atomic mass is 10.1. The van der Waals surface area contributed by atoms with Gasteiger partial charge in [0, 0.05) is 22.1 Å². The Balaban J connectivity index is 1.89. The lowest BCUT2D eigenvalue weighted by Crippen LogP contribution is -2.30. The van der Waals surface area contributed by atoms with Crippen molar-refractivity contribution in [2.45, 2.75) is 25.8 Å². The number of carbonyl (C=O) groups is 1. The molecule has 3 rings (SSSR count). The van der Waals surface area contributed by atoms with E-state index in [4.69, 9.17) is 16.1 Å². The van der Waals surface area contributed by atoms with Crippen LogP contribution in [0.15, 0.2) is 33.3 Å². The molecule has 1 saturated heterocycles. The number of likely N-dealkylation sites (tertiary alicyclic amines) is 1. The Bertz CT molecular complexity index is 686. The molecule has 1 fully saturated rings. The van der Waals surface area contributed by atoms with E-state index in [0.717, 1.165) is 30.8 Å². The van der Waals surface area contributed by atoms with Crippen LogP contribution in [0.1, 0.15) is 40.7 Å². The summed E-state index contributed by atoms with van der Waals surface area (Å²) in [6.45, 7) is 2.60. The molecular weight excluding hydrogens is 356 g/mol. The van der Waals surface area contributed by atoms with E-state index in [1.165, 1.54) is 0 Å². The minimum absolute atomic E-state index is 0.0184. The fraction of sp³-hybridized carbons (Fsp3) is 0.333. The van der Waals surface area contributed by atoms with Crippen LogP contribution >= 0.6 is 27.5 Å². The van der Waals surface area contributed by atoms with Crippen molar-refractivity contribution in [3.05, 3.63) is 50.8 Å². The van der Waals surface area contributed by atoms with Crippen molar-refractivity contribution in [2.24, 2.45) is 0 Å². The zero-order valence-electron chi connectivity index (χ0n) is 11.5. The summed E-state index contributed by atoms with van der Waals surface area (Å²) >= 11 is 9.34. The van der Waals surface area contributed by atoms with Gasteiger partial charge in [-0.2, -0.15) is 0 Å². The van der Waals surface area contributed by atoms with Crippen molar-refractivity contribution in [2.75, 3.05) is 6.54 Å². The van der Waals surface area contributed by atoms with Crippen molar-refractivity contribution in [1.82, 2.24) is 10.1 Å². The third-order valence-electron chi connectivity index (χ3n) is 3.65. The van der Waals surface area contributed by atoms with Gasteiger partial charge in [-0.05, 0) is 53.9 Å². The van der Waals surface area contributed by atoms with E-state index in [0.29, 0.717) is 15.1 Å². The van der Waals surface area contributed by atoms with Crippen LogP contribution in [0.3, 0.4) is 0 Å². The van der Waals surface area contributed by atoms with Gasteiger partial charge in [0.25, 0.3) is 5.91 Å². The highest BCUT2D eigenvalue weighted by Crippen LogP contribution is 2.34. The molecule has 1 aromatic carbocycles. The van der Waals surface area contributed by atoms with Gasteiger partial charge >= 0.3 is 0 Å². The number of halogens is 2. The Hall–Kier alpha value is -1.33. The maximum atomic E-state index is 12.8. The summed E-state index contributed by atoms with van der Waals surface area (Å²) < 4.78 is 6.04. The smallest absolute Gasteiger partial charge is 0.255 e. The first kappa shape index (κ1) is 14.6. The molecule has 0 aliphatic carbocycles. The van der Waals surface area contributed by atoms with Crippen LogP contribution in [0.2, 0.25) is 5.02 Å². The van der Waals surface area contributed by atoms with E-state index in [1.807, 2.05) is 17.9 Å². The van der Waals surface area contributed by atoms with Crippen LogP contribution in [0.25, 0.3) is 0 Å². The second kappa shape index (κ2) is 5.81. The number of nitrogens with zero attached hydrogens (tertiary/aromatic N) is 2. The Morgan fingerprint density at radius 3 is 2.95 bits per heavy atom. The molecule has 0 radical (unpaired) electrons. The summed E-state index contributed by atoms with van der Waals surface area (Å²) in [6.07, 6.45) is 1.85. The molecule has 110 valence electrons. The van der Waals surface area contributed by atoms with Gasteiger partial charge < -0.3 is 9.42 Å². The second-order valence-corrected chi connectivity index (χ2v) is 6.44. The van der Waals surface area contributed by atoms with Crippen molar-refractivity contribution < 1.29 is 9.32 Å². The second-order valence-electron chi connectivity index (χ2n) is 5.15. The van der Waals surface area contributed by atoms with Crippen molar-refractivity contribution >= 4 is 33.4 Å².